The third kappa shape index (κ3) is 3.83. The van der Waals surface area contributed by atoms with Crippen molar-refractivity contribution in [3.8, 4) is 0 Å². The molecule has 1 N–H and O–H groups in total. The van der Waals surface area contributed by atoms with E-state index in [1.54, 1.807) is 12.7 Å². The van der Waals surface area contributed by atoms with E-state index in [9.17, 15) is 4.79 Å². The van der Waals surface area contributed by atoms with Gasteiger partial charge in [-0.2, -0.15) is 10.2 Å². The molecule has 146 valence electrons. The number of benzene rings is 1. The molecule has 1 aliphatic carbocycles. The summed E-state index contributed by atoms with van der Waals surface area (Å²) in [7, 11) is 0. The molecule has 0 atom stereocenters. The van der Waals surface area contributed by atoms with Gasteiger partial charge >= 0.3 is 0 Å². The highest BCUT2D eigenvalue weighted by atomic mass is 16.1. The first kappa shape index (κ1) is 18.4. The van der Waals surface area contributed by atoms with Gasteiger partial charge in [0.15, 0.2) is 0 Å². The Kier molecular flexibility index (Phi) is 5.23. The summed E-state index contributed by atoms with van der Waals surface area (Å²) in [6.45, 7) is 4.55. The van der Waals surface area contributed by atoms with Crippen LogP contribution in [-0.4, -0.2) is 36.5 Å². The lowest BCUT2D eigenvalue weighted by Gasteiger charge is -2.29. The number of amides is 1. The molecule has 1 aromatic carbocycles. The van der Waals surface area contributed by atoms with Gasteiger partial charge in [0.05, 0.1) is 23.8 Å². The Bertz CT molecular complexity index is 923. The van der Waals surface area contributed by atoms with E-state index in [1.807, 2.05) is 41.4 Å². The van der Waals surface area contributed by atoms with Crippen molar-refractivity contribution in [2.75, 3.05) is 0 Å². The smallest absolute Gasteiger partial charge is 0.255 e. The zero-order valence-corrected chi connectivity index (χ0v) is 16.4. The van der Waals surface area contributed by atoms with Crippen LogP contribution in [0.15, 0.2) is 43.0 Å². The fourth-order valence-electron chi connectivity index (χ4n) is 4.08. The molecule has 28 heavy (non-hydrogen) atoms. The maximum Gasteiger partial charge on any atom is 0.255 e. The molecule has 0 aliphatic heterocycles. The summed E-state index contributed by atoms with van der Waals surface area (Å²) in [5, 5.41) is 12.1. The molecule has 0 saturated heterocycles. The van der Waals surface area contributed by atoms with Crippen molar-refractivity contribution in [1.82, 2.24) is 29.9 Å². The average Bonchev–Trinajstić information content (AvgIpc) is 3.32. The van der Waals surface area contributed by atoms with Crippen molar-refractivity contribution in [2.24, 2.45) is 0 Å². The predicted molar refractivity (Wildman–Crippen MR) is 106 cm³/mol. The molecular weight excluding hydrogens is 352 g/mol. The SMILES string of the molecule is Cc1nn(Cc2ccccc2)c(C)c1C(=O)NC1CCC(n2cncn2)CC1. The second-order valence-electron chi connectivity index (χ2n) is 7.54. The van der Waals surface area contributed by atoms with Gasteiger partial charge in [-0.15, -0.1) is 0 Å². The van der Waals surface area contributed by atoms with E-state index in [2.05, 4.69) is 32.6 Å². The zero-order chi connectivity index (χ0) is 19.5. The van der Waals surface area contributed by atoms with Crippen molar-refractivity contribution in [1.29, 1.82) is 0 Å². The Morgan fingerprint density at radius 2 is 1.89 bits per heavy atom. The van der Waals surface area contributed by atoms with E-state index in [0.717, 1.165) is 37.1 Å². The Balaban J connectivity index is 1.40. The minimum Gasteiger partial charge on any atom is -0.349 e. The highest BCUT2D eigenvalue weighted by Crippen LogP contribution is 2.28. The summed E-state index contributed by atoms with van der Waals surface area (Å²) in [4.78, 5) is 17.0. The standard InChI is InChI=1S/C21H26N6O/c1-15-20(16(2)26(25-15)12-17-6-4-3-5-7-17)21(28)24-18-8-10-19(11-9-18)27-14-22-13-23-27/h3-7,13-14,18-19H,8-12H2,1-2H3,(H,24,28). The van der Waals surface area contributed by atoms with Gasteiger partial charge in [0, 0.05) is 11.7 Å². The van der Waals surface area contributed by atoms with Crippen LogP contribution in [0.2, 0.25) is 0 Å². The number of hydrogen-bond donors (Lipinski definition) is 1. The monoisotopic (exact) mass is 378 g/mol. The van der Waals surface area contributed by atoms with Crippen LogP contribution in [0.1, 0.15) is 59.0 Å². The molecule has 0 bridgehead atoms. The normalized spacial score (nSPS) is 19.5. The fraction of sp³-hybridized carbons (Fsp3) is 0.429. The summed E-state index contributed by atoms with van der Waals surface area (Å²) in [6.07, 6.45) is 7.25. The van der Waals surface area contributed by atoms with E-state index in [0.29, 0.717) is 18.2 Å². The quantitative estimate of drug-likeness (QED) is 0.740. The maximum atomic E-state index is 12.9. The summed E-state index contributed by atoms with van der Waals surface area (Å²) < 4.78 is 3.85. The van der Waals surface area contributed by atoms with Gasteiger partial charge in [-0.25, -0.2) is 9.67 Å². The number of aryl methyl sites for hydroxylation is 1. The van der Waals surface area contributed by atoms with Crippen molar-refractivity contribution in [3.63, 3.8) is 0 Å². The van der Waals surface area contributed by atoms with Crippen LogP contribution in [0, 0.1) is 13.8 Å². The van der Waals surface area contributed by atoms with Crippen LogP contribution in [0.25, 0.3) is 0 Å². The number of nitrogens with one attached hydrogen (secondary N) is 1. The lowest BCUT2D eigenvalue weighted by Crippen LogP contribution is -2.38. The maximum absolute atomic E-state index is 12.9. The van der Waals surface area contributed by atoms with Gasteiger partial charge in [0.25, 0.3) is 5.91 Å². The Hall–Kier alpha value is -2.96. The number of hydrogen-bond acceptors (Lipinski definition) is 4. The average molecular weight is 378 g/mol. The van der Waals surface area contributed by atoms with E-state index in [4.69, 9.17) is 0 Å². The number of carbonyl (C=O) groups is 1. The van der Waals surface area contributed by atoms with Gasteiger partial charge in [-0.1, -0.05) is 30.3 Å². The molecule has 4 rings (SSSR count). The molecule has 2 aromatic heterocycles. The summed E-state index contributed by atoms with van der Waals surface area (Å²) in [5.41, 5.74) is 3.57. The molecule has 0 unspecified atom stereocenters. The second-order valence-corrected chi connectivity index (χ2v) is 7.54. The van der Waals surface area contributed by atoms with E-state index < -0.39 is 0 Å². The minimum absolute atomic E-state index is 0.0153. The summed E-state index contributed by atoms with van der Waals surface area (Å²) in [5.74, 6) is -0.0153. The lowest BCUT2D eigenvalue weighted by atomic mass is 9.91. The molecule has 3 aromatic rings. The second kappa shape index (κ2) is 7.96. The largest absolute Gasteiger partial charge is 0.349 e. The fourth-order valence-corrected chi connectivity index (χ4v) is 4.08. The van der Waals surface area contributed by atoms with E-state index in [-0.39, 0.29) is 11.9 Å². The zero-order valence-electron chi connectivity index (χ0n) is 16.4. The lowest BCUT2D eigenvalue weighted by molar-refractivity contribution is 0.0920. The molecule has 1 amide bonds. The van der Waals surface area contributed by atoms with Crippen molar-refractivity contribution < 1.29 is 4.79 Å². The van der Waals surface area contributed by atoms with Crippen LogP contribution in [-0.2, 0) is 6.54 Å². The van der Waals surface area contributed by atoms with Gasteiger partial charge in [0.1, 0.15) is 12.7 Å². The summed E-state index contributed by atoms with van der Waals surface area (Å²) in [6, 6.07) is 10.8. The van der Waals surface area contributed by atoms with Crippen molar-refractivity contribution in [2.45, 2.75) is 58.2 Å². The molecule has 2 heterocycles. The van der Waals surface area contributed by atoms with Crippen LogP contribution in [0.4, 0.5) is 0 Å². The Morgan fingerprint density at radius 3 is 2.57 bits per heavy atom. The van der Waals surface area contributed by atoms with Gasteiger partial charge in [0.2, 0.25) is 0 Å². The van der Waals surface area contributed by atoms with Gasteiger partial charge in [-0.3, -0.25) is 9.48 Å². The van der Waals surface area contributed by atoms with Crippen LogP contribution < -0.4 is 5.32 Å². The van der Waals surface area contributed by atoms with Crippen LogP contribution in [0.5, 0.6) is 0 Å². The first-order chi connectivity index (χ1) is 13.6. The topological polar surface area (TPSA) is 77.6 Å². The minimum atomic E-state index is -0.0153. The molecule has 0 radical (unpaired) electrons. The molecule has 1 saturated carbocycles. The molecule has 0 spiro atoms. The molecular formula is C21H26N6O. The predicted octanol–water partition coefficient (Wildman–Crippen LogP) is 3.05. The van der Waals surface area contributed by atoms with Gasteiger partial charge < -0.3 is 5.32 Å². The number of rotatable bonds is 5. The summed E-state index contributed by atoms with van der Waals surface area (Å²) >= 11 is 0. The molecule has 7 nitrogen and oxygen atoms in total. The molecule has 7 heteroatoms. The number of carbonyl (C=O) groups excluding carboxylic acids is 1. The molecule has 1 fully saturated rings. The van der Waals surface area contributed by atoms with Gasteiger partial charge in [-0.05, 0) is 45.1 Å². The third-order valence-electron chi connectivity index (χ3n) is 5.63. The van der Waals surface area contributed by atoms with Crippen LogP contribution in [0.3, 0.4) is 0 Å². The highest BCUT2D eigenvalue weighted by molar-refractivity contribution is 5.96. The van der Waals surface area contributed by atoms with E-state index in [1.165, 1.54) is 5.56 Å². The van der Waals surface area contributed by atoms with Crippen molar-refractivity contribution in [3.05, 3.63) is 65.5 Å². The Labute approximate surface area is 164 Å². The first-order valence-electron chi connectivity index (χ1n) is 9.84. The highest BCUT2D eigenvalue weighted by Gasteiger charge is 2.26. The Morgan fingerprint density at radius 1 is 1.14 bits per heavy atom. The number of nitrogens with zero attached hydrogens (tertiary/aromatic N) is 5. The van der Waals surface area contributed by atoms with E-state index >= 15 is 0 Å². The first-order valence-corrected chi connectivity index (χ1v) is 9.84. The third-order valence-corrected chi connectivity index (χ3v) is 5.63. The van der Waals surface area contributed by atoms with Crippen molar-refractivity contribution >= 4 is 5.91 Å². The van der Waals surface area contributed by atoms with Crippen LogP contribution >= 0.6 is 0 Å². The number of aromatic nitrogens is 5. The molecule has 1 aliphatic rings.